The normalized spacial score (nSPS) is 14.0. The number of Topliss-reactive ketones (excluding diaryl/α,β-unsaturated/α-hetero) is 1. The van der Waals surface area contributed by atoms with E-state index in [1.165, 1.54) is 0 Å². The molecule has 0 radical (unpaired) electrons. The summed E-state index contributed by atoms with van der Waals surface area (Å²) in [4.78, 5) is 28.8. The molecule has 0 aliphatic carbocycles. The minimum absolute atomic E-state index is 0.208. The number of carbonyl (C=O) groups excluding carboxylic acids is 2. The van der Waals surface area contributed by atoms with Crippen molar-refractivity contribution in [3.05, 3.63) is 95.0 Å². The summed E-state index contributed by atoms with van der Waals surface area (Å²) in [6.45, 7) is 1.90. The number of hydrogen-bond acceptors (Lipinski definition) is 5. The van der Waals surface area contributed by atoms with Crippen LogP contribution >= 0.6 is 0 Å². The lowest BCUT2D eigenvalue weighted by molar-refractivity contribution is 0.0734. The lowest BCUT2D eigenvalue weighted by atomic mass is 10.1. The second-order valence-electron chi connectivity index (χ2n) is 6.14. The quantitative estimate of drug-likeness (QED) is 0.399. The molecule has 0 atom stereocenters. The predicted octanol–water partition coefficient (Wildman–Crippen LogP) is 4.23. The minimum atomic E-state index is -0.464. The number of nitrogens with zero attached hydrogens (tertiary/aromatic N) is 1. The monoisotopic (exact) mass is 357 g/mol. The number of ketones is 1. The minimum Gasteiger partial charge on any atom is -0.452 e. The molecule has 4 rings (SSSR count). The van der Waals surface area contributed by atoms with Gasteiger partial charge >= 0.3 is 5.97 Å². The number of pyridine rings is 1. The maximum absolute atomic E-state index is 12.5. The molecule has 1 aliphatic rings. The smallest absolute Gasteiger partial charge is 0.343 e. The van der Waals surface area contributed by atoms with Gasteiger partial charge in [-0.05, 0) is 48.9 Å². The molecule has 0 bridgehead atoms. The van der Waals surface area contributed by atoms with E-state index in [0.29, 0.717) is 22.6 Å². The molecule has 0 spiro atoms. The van der Waals surface area contributed by atoms with Crippen LogP contribution in [-0.4, -0.2) is 16.7 Å². The molecular weight excluding hydrogens is 342 g/mol. The van der Waals surface area contributed by atoms with E-state index >= 15 is 0 Å². The topological polar surface area (TPSA) is 65.5 Å². The summed E-state index contributed by atoms with van der Waals surface area (Å²) in [5.74, 6) is 0.208. The second-order valence-corrected chi connectivity index (χ2v) is 6.14. The molecule has 0 N–H and O–H groups in total. The van der Waals surface area contributed by atoms with Crippen molar-refractivity contribution in [2.45, 2.75) is 6.92 Å². The van der Waals surface area contributed by atoms with Gasteiger partial charge in [0.05, 0.1) is 11.1 Å². The predicted molar refractivity (Wildman–Crippen MR) is 99.8 cm³/mol. The summed E-state index contributed by atoms with van der Waals surface area (Å²) in [6, 6.07) is 15.5. The summed E-state index contributed by atoms with van der Waals surface area (Å²) < 4.78 is 11.1. The third-order valence-corrected chi connectivity index (χ3v) is 4.09. The zero-order chi connectivity index (χ0) is 18.8. The highest BCUT2D eigenvalue weighted by molar-refractivity contribution is 6.14. The van der Waals surface area contributed by atoms with Gasteiger partial charge in [0.1, 0.15) is 11.5 Å². The van der Waals surface area contributed by atoms with Crippen LogP contribution in [-0.2, 0) is 0 Å². The average Bonchev–Trinajstić information content (AvgIpc) is 2.97. The third kappa shape index (κ3) is 3.48. The Kier molecular flexibility index (Phi) is 4.26. The number of allylic oxidation sites excluding steroid dienone is 1. The van der Waals surface area contributed by atoms with Crippen molar-refractivity contribution in [2.24, 2.45) is 0 Å². The first kappa shape index (κ1) is 16.7. The molecule has 0 unspecified atom stereocenters. The van der Waals surface area contributed by atoms with E-state index in [-0.39, 0.29) is 11.5 Å². The number of carbonyl (C=O) groups is 2. The van der Waals surface area contributed by atoms with E-state index in [2.05, 4.69) is 4.98 Å². The first-order valence-corrected chi connectivity index (χ1v) is 8.37. The summed E-state index contributed by atoms with van der Waals surface area (Å²) in [5.41, 5.74) is 2.63. The van der Waals surface area contributed by atoms with E-state index in [9.17, 15) is 9.59 Å². The number of fused-ring (bicyclic) bond motifs is 1. The molecule has 5 heteroatoms. The van der Waals surface area contributed by atoms with E-state index in [4.69, 9.17) is 9.47 Å². The molecular formula is C22H15NO4. The van der Waals surface area contributed by atoms with E-state index in [1.54, 1.807) is 60.9 Å². The van der Waals surface area contributed by atoms with Gasteiger partial charge in [-0.3, -0.25) is 9.78 Å². The van der Waals surface area contributed by atoms with Gasteiger partial charge in [-0.25, -0.2) is 4.79 Å². The highest BCUT2D eigenvalue weighted by atomic mass is 16.5. The van der Waals surface area contributed by atoms with Crippen molar-refractivity contribution in [2.75, 3.05) is 0 Å². The van der Waals surface area contributed by atoms with Gasteiger partial charge in [0, 0.05) is 18.5 Å². The van der Waals surface area contributed by atoms with Gasteiger partial charge in [-0.2, -0.15) is 0 Å². The fourth-order valence-corrected chi connectivity index (χ4v) is 2.78. The number of aromatic nitrogens is 1. The molecule has 2 aromatic carbocycles. The lowest BCUT2D eigenvalue weighted by Gasteiger charge is -2.06. The van der Waals surface area contributed by atoms with Crippen molar-refractivity contribution in [3.63, 3.8) is 0 Å². The van der Waals surface area contributed by atoms with Crippen LogP contribution in [0.1, 0.15) is 31.8 Å². The molecule has 1 aliphatic heterocycles. The Balaban J connectivity index is 1.56. The van der Waals surface area contributed by atoms with Crippen LogP contribution in [0.5, 0.6) is 11.5 Å². The van der Waals surface area contributed by atoms with E-state index in [1.807, 2.05) is 19.1 Å². The first-order valence-electron chi connectivity index (χ1n) is 8.37. The summed E-state index contributed by atoms with van der Waals surface area (Å²) in [7, 11) is 0. The van der Waals surface area contributed by atoms with Gasteiger partial charge in [-0.1, -0.05) is 23.8 Å². The largest absolute Gasteiger partial charge is 0.452 e. The van der Waals surface area contributed by atoms with Gasteiger partial charge in [0.25, 0.3) is 0 Å². The fraction of sp³-hybridized carbons (Fsp3) is 0.0455. The summed E-state index contributed by atoms with van der Waals surface area (Å²) in [5, 5.41) is 0. The zero-order valence-corrected chi connectivity index (χ0v) is 14.5. The SMILES string of the molecule is Cc1cccc(C(=O)Oc2ccc3c(c2)O/C(=C\c2cccnc2)C3=O)c1. The molecule has 0 saturated heterocycles. The van der Waals surface area contributed by atoms with Crippen molar-refractivity contribution >= 4 is 17.8 Å². The van der Waals surface area contributed by atoms with Gasteiger partial charge in [0.2, 0.25) is 5.78 Å². The fourth-order valence-electron chi connectivity index (χ4n) is 2.78. The number of esters is 1. The van der Waals surface area contributed by atoms with Crippen LogP contribution in [0.15, 0.2) is 72.8 Å². The Morgan fingerprint density at radius 3 is 2.78 bits per heavy atom. The van der Waals surface area contributed by atoms with Crippen LogP contribution in [0.25, 0.3) is 6.08 Å². The van der Waals surface area contributed by atoms with Gasteiger partial charge < -0.3 is 9.47 Å². The standard InChI is InChI=1S/C22H15NO4/c1-14-4-2-6-16(10-14)22(25)26-17-7-8-18-19(12-17)27-20(21(18)24)11-15-5-3-9-23-13-15/h2-13H,1H3/b20-11-. The Hall–Kier alpha value is -3.73. The third-order valence-electron chi connectivity index (χ3n) is 4.09. The number of ether oxygens (including phenoxy) is 2. The lowest BCUT2D eigenvalue weighted by Crippen LogP contribution is -2.08. The number of benzene rings is 2. The molecule has 2 heterocycles. The molecule has 27 heavy (non-hydrogen) atoms. The van der Waals surface area contributed by atoms with E-state index < -0.39 is 5.97 Å². The zero-order valence-electron chi connectivity index (χ0n) is 14.5. The maximum Gasteiger partial charge on any atom is 0.343 e. The van der Waals surface area contributed by atoms with E-state index in [0.717, 1.165) is 11.1 Å². The maximum atomic E-state index is 12.5. The number of hydrogen-bond donors (Lipinski definition) is 0. The van der Waals surface area contributed by atoms with Gasteiger partial charge in [0.15, 0.2) is 5.76 Å². The molecule has 132 valence electrons. The Bertz CT molecular complexity index is 1070. The van der Waals surface area contributed by atoms with Crippen molar-refractivity contribution < 1.29 is 19.1 Å². The number of rotatable bonds is 3. The highest BCUT2D eigenvalue weighted by Crippen LogP contribution is 2.35. The van der Waals surface area contributed by atoms with Crippen molar-refractivity contribution in [1.82, 2.24) is 4.98 Å². The number of aryl methyl sites for hydroxylation is 1. The molecule has 1 aromatic heterocycles. The molecule has 0 fully saturated rings. The van der Waals surface area contributed by atoms with Crippen LogP contribution in [0.2, 0.25) is 0 Å². The first-order chi connectivity index (χ1) is 13.1. The van der Waals surface area contributed by atoms with Crippen LogP contribution in [0, 0.1) is 6.92 Å². The van der Waals surface area contributed by atoms with Crippen LogP contribution < -0.4 is 9.47 Å². The van der Waals surface area contributed by atoms with Crippen molar-refractivity contribution in [1.29, 1.82) is 0 Å². The van der Waals surface area contributed by atoms with Crippen LogP contribution in [0.3, 0.4) is 0 Å². The molecule has 0 amide bonds. The Morgan fingerprint density at radius 1 is 1.11 bits per heavy atom. The second kappa shape index (κ2) is 6.88. The van der Waals surface area contributed by atoms with Crippen molar-refractivity contribution in [3.8, 4) is 11.5 Å². The summed E-state index contributed by atoms with van der Waals surface area (Å²) in [6.07, 6.45) is 4.93. The summed E-state index contributed by atoms with van der Waals surface area (Å²) >= 11 is 0. The highest BCUT2D eigenvalue weighted by Gasteiger charge is 2.28. The molecule has 5 nitrogen and oxygen atoms in total. The Morgan fingerprint density at radius 2 is 2.00 bits per heavy atom. The van der Waals surface area contributed by atoms with Crippen LogP contribution in [0.4, 0.5) is 0 Å². The molecule has 0 saturated carbocycles. The Labute approximate surface area is 155 Å². The molecule has 3 aromatic rings. The van der Waals surface area contributed by atoms with Gasteiger partial charge in [-0.15, -0.1) is 0 Å². The average molecular weight is 357 g/mol.